The van der Waals surface area contributed by atoms with Crippen LogP contribution in [0.5, 0.6) is 17.2 Å². The number of rotatable bonds is 5. The van der Waals surface area contributed by atoms with E-state index in [1.54, 1.807) is 13.4 Å². The highest BCUT2D eigenvalue weighted by Crippen LogP contribution is 2.37. The van der Waals surface area contributed by atoms with E-state index in [-0.39, 0.29) is 0 Å². The highest BCUT2D eigenvalue weighted by Gasteiger charge is 2.09. The van der Waals surface area contributed by atoms with Gasteiger partial charge in [-0.15, -0.1) is 0 Å². The number of nitrogens with zero attached hydrogens (tertiary/aromatic N) is 2. The van der Waals surface area contributed by atoms with Gasteiger partial charge in [0, 0.05) is 20.2 Å². The molecule has 0 aliphatic rings. The molecule has 0 amide bonds. The molecule has 4 heteroatoms. The van der Waals surface area contributed by atoms with Gasteiger partial charge >= 0.3 is 0 Å². The first-order chi connectivity index (χ1) is 10.1. The molecule has 0 saturated carbocycles. The Kier molecular flexibility index (Phi) is 4.82. The quantitative estimate of drug-likeness (QED) is 0.614. The Morgan fingerprint density at radius 2 is 1.76 bits per heavy atom. The second-order valence-electron chi connectivity index (χ2n) is 4.91. The predicted octanol–water partition coefficient (Wildman–Crippen LogP) is 4.02. The number of hydrogen-bond acceptors (Lipinski definition) is 3. The Balaban J connectivity index is 2.32. The summed E-state index contributed by atoms with van der Waals surface area (Å²) >= 11 is 0. The minimum Gasteiger partial charge on any atom is -0.493 e. The molecule has 0 saturated heterocycles. The predicted molar refractivity (Wildman–Crippen MR) is 86.1 cm³/mol. The Bertz CT molecular complexity index is 622. The van der Waals surface area contributed by atoms with Crippen molar-refractivity contribution in [3.05, 3.63) is 48.0 Å². The molecule has 4 nitrogen and oxygen atoms in total. The summed E-state index contributed by atoms with van der Waals surface area (Å²) in [7, 11) is 5.49. The van der Waals surface area contributed by atoms with Crippen LogP contribution in [0.3, 0.4) is 0 Å². The highest BCUT2D eigenvalue weighted by atomic mass is 16.5. The summed E-state index contributed by atoms with van der Waals surface area (Å²) in [4.78, 5) is 6.32. The van der Waals surface area contributed by atoms with E-state index >= 15 is 0 Å². The molecule has 110 valence electrons. The largest absolute Gasteiger partial charge is 0.493 e. The van der Waals surface area contributed by atoms with Crippen molar-refractivity contribution < 1.29 is 9.47 Å². The number of aliphatic imine (C=N–C) groups is 1. The van der Waals surface area contributed by atoms with Crippen LogP contribution in [-0.2, 0) is 0 Å². The van der Waals surface area contributed by atoms with Crippen molar-refractivity contribution in [3.63, 3.8) is 0 Å². The van der Waals surface area contributed by atoms with E-state index in [1.807, 2.05) is 68.4 Å². The Hall–Kier alpha value is -2.49. The van der Waals surface area contributed by atoms with Gasteiger partial charge in [0.15, 0.2) is 11.5 Å². The fourth-order valence-corrected chi connectivity index (χ4v) is 1.82. The van der Waals surface area contributed by atoms with Crippen LogP contribution in [0.25, 0.3) is 0 Å². The standard InChI is InChI=1S/C17H20N2O2/c1-13-10-17(21-14-8-6-5-7-9-14)16(20-4)11-15(13)18-12-19(2)3/h5-12H,1-4H3. The fraction of sp³-hybridized carbons (Fsp3) is 0.235. The normalized spacial score (nSPS) is 10.7. The van der Waals surface area contributed by atoms with Crippen molar-refractivity contribution in [1.82, 2.24) is 4.90 Å². The molecule has 0 aliphatic heterocycles. The molecule has 2 aromatic rings. The smallest absolute Gasteiger partial charge is 0.169 e. The Morgan fingerprint density at radius 1 is 1.05 bits per heavy atom. The molecule has 0 spiro atoms. The molecule has 0 fully saturated rings. The van der Waals surface area contributed by atoms with Crippen LogP contribution in [0.1, 0.15) is 5.56 Å². The van der Waals surface area contributed by atoms with Crippen LogP contribution < -0.4 is 9.47 Å². The first-order valence-corrected chi connectivity index (χ1v) is 6.72. The van der Waals surface area contributed by atoms with Gasteiger partial charge in [-0.1, -0.05) is 18.2 Å². The van der Waals surface area contributed by atoms with E-state index in [1.165, 1.54) is 0 Å². The maximum Gasteiger partial charge on any atom is 0.169 e. The molecule has 0 aromatic heterocycles. The van der Waals surface area contributed by atoms with Crippen molar-refractivity contribution in [1.29, 1.82) is 0 Å². The van der Waals surface area contributed by atoms with E-state index in [9.17, 15) is 0 Å². The van der Waals surface area contributed by atoms with E-state index in [0.29, 0.717) is 11.5 Å². The van der Waals surface area contributed by atoms with Crippen molar-refractivity contribution in [3.8, 4) is 17.2 Å². The summed E-state index contributed by atoms with van der Waals surface area (Å²) < 4.78 is 11.3. The Labute approximate surface area is 125 Å². The van der Waals surface area contributed by atoms with Gasteiger partial charge in [-0.2, -0.15) is 0 Å². The van der Waals surface area contributed by atoms with Gasteiger partial charge in [-0.05, 0) is 30.7 Å². The van der Waals surface area contributed by atoms with Crippen LogP contribution >= 0.6 is 0 Å². The van der Waals surface area contributed by atoms with E-state index in [2.05, 4.69) is 4.99 Å². The molecule has 21 heavy (non-hydrogen) atoms. The van der Waals surface area contributed by atoms with Crippen molar-refractivity contribution in [2.75, 3.05) is 21.2 Å². The van der Waals surface area contributed by atoms with Crippen LogP contribution in [0, 0.1) is 6.92 Å². The molecular formula is C17H20N2O2. The van der Waals surface area contributed by atoms with Crippen molar-refractivity contribution in [2.45, 2.75) is 6.92 Å². The van der Waals surface area contributed by atoms with Gasteiger partial charge in [-0.25, -0.2) is 4.99 Å². The lowest BCUT2D eigenvalue weighted by Gasteiger charge is -2.13. The number of methoxy groups -OCH3 is 1. The van der Waals surface area contributed by atoms with Gasteiger partial charge in [0.25, 0.3) is 0 Å². The van der Waals surface area contributed by atoms with Crippen molar-refractivity contribution in [2.24, 2.45) is 4.99 Å². The monoisotopic (exact) mass is 284 g/mol. The third-order valence-corrected chi connectivity index (χ3v) is 2.88. The van der Waals surface area contributed by atoms with Gasteiger partial charge < -0.3 is 14.4 Å². The van der Waals surface area contributed by atoms with E-state index < -0.39 is 0 Å². The zero-order chi connectivity index (χ0) is 15.2. The number of para-hydroxylation sites is 1. The number of hydrogen-bond donors (Lipinski definition) is 0. The maximum absolute atomic E-state index is 5.87. The van der Waals surface area contributed by atoms with Crippen LogP contribution in [-0.4, -0.2) is 32.4 Å². The van der Waals surface area contributed by atoms with Crippen molar-refractivity contribution >= 4 is 12.0 Å². The van der Waals surface area contributed by atoms with Gasteiger partial charge in [0.2, 0.25) is 0 Å². The summed E-state index contributed by atoms with van der Waals surface area (Å²) in [6.07, 6.45) is 1.76. The summed E-state index contributed by atoms with van der Waals surface area (Å²) in [6, 6.07) is 13.5. The van der Waals surface area contributed by atoms with Gasteiger partial charge in [0.1, 0.15) is 5.75 Å². The molecule has 0 radical (unpaired) electrons. The molecule has 0 unspecified atom stereocenters. The minimum atomic E-state index is 0.662. The summed E-state index contributed by atoms with van der Waals surface area (Å²) in [5, 5.41) is 0. The number of ether oxygens (including phenoxy) is 2. The molecule has 0 heterocycles. The van der Waals surface area contributed by atoms with Crippen LogP contribution in [0.2, 0.25) is 0 Å². The lowest BCUT2D eigenvalue weighted by Crippen LogP contribution is -2.07. The van der Waals surface area contributed by atoms with Crippen LogP contribution in [0.15, 0.2) is 47.5 Å². The van der Waals surface area contributed by atoms with E-state index in [4.69, 9.17) is 9.47 Å². The summed E-state index contributed by atoms with van der Waals surface area (Å²) in [5.74, 6) is 2.13. The third-order valence-electron chi connectivity index (χ3n) is 2.88. The molecule has 0 N–H and O–H groups in total. The molecule has 2 rings (SSSR count). The average molecular weight is 284 g/mol. The van der Waals surface area contributed by atoms with E-state index in [0.717, 1.165) is 17.0 Å². The lowest BCUT2D eigenvalue weighted by molar-refractivity contribution is 0.379. The fourth-order valence-electron chi connectivity index (χ4n) is 1.82. The maximum atomic E-state index is 5.87. The summed E-state index contributed by atoms with van der Waals surface area (Å²) in [6.45, 7) is 2.00. The molecule has 0 aliphatic carbocycles. The van der Waals surface area contributed by atoms with Gasteiger partial charge in [0.05, 0.1) is 19.1 Å². The first-order valence-electron chi connectivity index (χ1n) is 6.72. The van der Waals surface area contributed by atoms with Gasteiger partial charge in [-0.3, -0.25) is 0 Å². The highest BCUT2D eigenvalue weighted by molar-refractivity contribution is 5.65. The number of benzene rings is 2. The topological polar surface area (TPSA) is 34.1 Å². The molecule has 0 atom stereocenters. The molecule has 2 aromatic carbocycles. The zero-order valence-corrected chi connectivity index (χ0v) is 12.8. The molecular weight excluding hydrogens is 264 g/mol. The second kappa shape index (κ2) is 6.79. The van der Waals surface area contributed by atoms with Crippen LogP contribution in [0.4, 0.5) is 5.69 Å². The first kappa shape index (κ1) is 14.9. The average Bonchev–Trinajstić information content (AvgIpc) is 2.47. The molecule has 0 bridgehead atoms. The lowest BCUT2D eigenvalue weighted by atomic mass is 10.2. The third kappa shape index (κ3) is 3.99. The Morgan fingerprint density at radius 3 is 2.38 bits per heavy atom. The summed E-state index contributed by atoms with van der Waals surface area (Å²) in [5.41, 5.74) is 1.89. The minimum absolute atomic E-state index is 0.662. The number of aryl methyl sites for hydroxylation is 1. The second-order valence-corrected chi connectivity index (χ2v) is 4.91. The SMILES string of the molecule is COc1cc(N=CN(C)C)c(C)cc1Oc1ccccc1. The zero-order valence-electron chi connectivity index (χ0n) is 12.8.